The van der Waals surface area contributed by atoms with E-state index >= 15 is 0 Å². The molecule has 0 heterocycles. The molecule has 2 rings (SSSR count). The zero-order valence-electron chi connectivity index (χ0n) is 17.8. The zero-order chi connectivity index (χ0) is 21.9. The third-order valence-electron chi connectivity index (χ3n) is 4.19. The lowest BCUT2D eigenvalue weighted by Crippen LogP contribution is -2.10. The normalized spacial score (nSPS) is 10.3. The Kier molecular flexibility index (Phi) is 6.64. The van der Waals surface area contributed by atoms with E-state index in [0.717, 1.165) is 22.3 Å². The third kappa shape index (κ3) is 5.35. The number of hydrogen-bond donors (Lipinski definition) is 0. The summed E-state index contributed by atoms with van der Waals surface area (Å²) < 4.78 is 16.8. The Bertz CT molecular complexity index is 968. The van der Waals surface area contributed by atoms with Gasteiger partial charge in [-0.25, -0.2) is 9.59 Å². The molecule has 0 aliphatic carbocycles. The first-order valence-electron chi connectivity index (χ1n) is 9.15. The standard InChI is InChI=1S/C24H26O5/c1-13(2)23(25)28-20-11-15(5)21(16(6)12-20)27-19-9-17(7)22(18(8)10-19)29-24(26)14(3)4/h9-12H,1,3H2,2,4-8H3. The number of ether oxygens (including phenoxy) is 3. The SMILES string of the molecule is C=C(C)C(=O)Oc1cc(C)c(Oc2cc(C)c(OC(=O)C(=C)C)c(C)c2)c(C)c1. The van der Waals surface area contributed by atoms with Crippen molar-refractivity contribution in [2.24, 2.45) is 0 Å². The molecule has 0 saturated carbocycles. The van der Waals surface area contributed by atoms with Crippen LogP contribution in [-0.4, -0.2) is 11.9 Å². The fraction of sp³-hybridized carbons (Fsp3) is 0.250. The Morgan fingerprint density at radius 2 is 1.03 bits per heavy atom. The van der Waals surface area contributed by atoms with Crippen LogP contribution in [0.3, 0.4) is 0 Å². The second-order valence-electron chi connectivity index (χ2n) is 7.21. The fourth-order valence-electron chi connectivity index (χ4n) is 2.75. The Hall–Kier alpha value is -3.34. The summed E-state index contributed by atoms with van der Waals surface area (Å²) in [6, 6.07) is 7.10. The molecule has 5 heteroatoms. The van der Waals surface area contributed by atoms with Gasteiger partial charge in [-0.2, -0.15) is 0 Å². The maximum absolute atomic E-state index is 11.8. The van der Waals surface area contributed by atoms with Crippen molar-refractivity contribution in [3.05, 3.63) is 70.8 Å². The van der Waals surface area contributed by atoms with Gasteiger partial charge in [0.1, 0.15) is 23.0 Å². The lowest BCUT2D eigenvalue weighted by atomic mass is 10.1. The molecule has 29 heavy (non-hydrogen) atoms. The summed E-state index contributed by atoms with van der Waals surface area (Å²) in [6.45, 7) is 17.8. The van der Waals surface area contributed by atoms with Gasteiger partial charge in [-0.15, -0.1) is 0 Å². The lowest BCUT2D eigenvalue weighted by molar-refractivity contribution is -0.131. The predicted molar refractivity (Wildman–Crippen MR) is 113 cm³/mol. The highest BCUT2D eigenvalue weighted by Gasteiger charge is 2.15. The Morgan fingerprint density at radius 3 is 1.48 bits per heavy atom. The molecule has 0 aliphatic heterocycles. The topological polar surface area (TPSA) is 61.8 Å². The van der Waals surface area contributed by atoms with Crippen molar-refractivity contribution in [2.75, 3.05) is 0 Å². The molecule has 0 amide bonds. The highest BCUT2D eigenvalue weighted by molar-refractivity contribution is 5.89. The van der Waals surface area contributed by atoms with Gasteiger partial charge in [-0.3, -0.25) is 0 Å². The van der Waals surface area contributed by atoms with Gasteiger partial charge < -0.3 is 14.2 Å². The summed E-state index contributed by atoms with van der Waals surface area (Å²) in [6.07, 6.45) is 0. The van der Waals surface area contributed by atoms with E-state index < -0.39 is 11.9 Å². The average molecular weight is 394 g/mol. The first-order valence-corrected chi connectivity index (χ1v) is 9.15. The van der Waals surface area contributed by atoms with Crippen molar-refractivity contribution in [2.45, 2.75) is 41.5 Å². The molecule has 2 aromatic rings. The van der Waals surface area contributed by atoms with Crippen molar-refractivity contribution >= 4 is 11.9 Å². The summed E-state index contributed by atoms with van der Waals surface area (Å²) in [7, 11) is 0. The third-order valence-corrected chi connectivity index (χ3v) is 4.19. The summed E-state index contributed by atoms with van der Waals surface area (Å²) in [5.41, 5.74) is 3.86. The predicted octanol–water partition coefficient (Wildman–Crippen LogP) is 5.68. The van der Waals surface area contributed by atoms with Crippen molar-refractivity contribution < 1.29 is 23.8 Å². The Morgan fingerprint density at radius 1 is 0.655 bits per heavy atom. The van der Waals surface area contributed by atoms with Crippen LogP contribution in [0.4, 0.5) is 0 Å². The monoisotopic (exact) mass is 394 g/mol. The number of aryl methyl sites for hydroxylation is 4. The lowest BCUT2D eigenvalue weighted by Gasteiger charge is -2.16. The minimum absolute atomic E-state index is 0.332. The van der Waals surface area contributed by atoms with Gasteiger partial charge in [0.25, 0.3) is 0 Å². The molecule has 152 valence electrons. The van der Waals surface area contributed by atoms with Crippen LogP contribution in [0, 0.1) is 27.7 Å². The van der Waals surface area contributed by atoms with E-state index in [1.54, 1.807) is 26.0 Å². The van der Waals surface area contributed by atoms with Gasteiger partial charge in [-0.1, -0.05) is 13.2 Å². The van der Waals surface area contributed by atoms with Crippen molar-refractivity contribution in [3.8, 4) is 23.0 Å². The number of carbonyl (C=O) groups is 2. The van der Waals surface area contributed by atoms with Crippen LogP contribution in [0.15, 0.2) is 48.6 Å². The first-order chi connectivity index (χ1) is 13.5. The van der Waals surface area contributed by atoms with Gasteiger partial charge in [-0.05, 0) is 88.1 Å². The molecule has 0 bridgehead atoms. The van der Waals surface area contributed by atoms with Crippen LogP contribution in [0.2, 0.25) is 0 Å². The second kappa shape index (κ2) is 8.78. The van der Waals surface area contributed by atoms with Crippen LogP contribution < -0.4 is 14.2 Å². The maximum Gasteiger partial charge on any atom is 0.338 e. The number of hydrogen-bond acceptors (Lipinski definition) is 5. The van der Waals surface area contributed by atoms with Crippen molar-refractivity contribution in [1.29, 1.82) is 0 Å². The van der Waals surface area contributed by atoms with E-state index in [1.165, 1.54) is 0 Å². The number of carbonyl (C=O) groups excluding carboxylic acids is 2. The van der Waals surface area contributed by atoms with Gasteiger partial charge in [0.15, 0.2) is 0 Å². The molecular formula is C24H26O5. The first kappa shape index (κ1) is 22.0. The van der Waals surface area contributed by atoms with E-state index in [1.807, 2.05) is 39.8 Å². The fourth-order valence-corrected chi connectivity index (χ4v) is 2.75. The summed E-state index contributed by atoms with van der Waals surface area (Å²) >= 11 is 0. The van der Waals surface area contributed by atoms with Gasteiger partial charge in [0.2, 0.25) is 0 Å². The van der Waals surface area contributed by atoms with Gasteiger partial charge >= 0.3 is 11.9 Å². The van der Waals surface area contributed by atoms with Crippen LogP contribution in [0.25, 0.3) is 0 Å². The highest BCUT2D eigenvalue weighted by Crippen LogP contribution is 2.35. The largest absolute Gasteiger partial charge is 0.457 e. The molecule has 0 radical (unpaired) electrons. The molecular weight excluding hydrogens is 368 g/mol. The maximum atomic E-state index is 11.8. The quantitative estimate of drug-likeness (QED) is 0.359. The summed E-state index contributed by atoms with van der Waals surface area (Å²) in [5.74, 6) is 1.30. The highest BCUT2D eigenvalue weighted by atomic mass is 16.5. The van der Waals surface area contributed by atoms with Crippen LogP contribution in [0.5, 0.6) is 23.0 Å². The second-order valence-corrected chi connectivity index (χ2v) is 7.21. The molecule has 0 unspecified atom stereocenters. The van der Waals surface area contributed by atoms with Crippen LogP contribution in [-0.2, 0) is 9.59 Å². The molecule has 2 aromatic carbocycles. The Balaban J connectivity index is 2.30. The van der Waals surface area contributed by atoms with Crippen molar-refractivity contribution in [3.63, 3.8) is 0 Å². The summed E-state index contributed by atoms with van der Waals surface area (Å²) in [4.78, 5) is 23.6. The molecule has 0 aliphatic rings. The minimum atomic E-state index is -0.469. The van der Waals surface area contributed by atoms with E-state index in [2.05, 4.69) is 13.2 Å². The zero-order valence-corrected chi connectivity index (χ0v) is 17.8. The van der Waals surface area contributed by atoms with Gasteiger partial charge in [0, 0.05) is 11.1 Å². The molecule has 5 nitrogen and oxygen atoms in total. The number of esters is 2. The molecule has 0 spiro atoms. The van der Waals surface area contributed by atoms with E-state index in [9.17, 15) is 9.59 Å². The van der Waals surface area contributed by atoms with E-state index in [4.69, 9.17) is 14.2 Å². The number of rotatable bonds is 6. The number of benzene rings is 2. The van der Waals surface area contributed by atoms with Crippen LogP contribution in [0.1, 0.15) is 36.1 Å². The van der Waals surface area contributed by atoms with Crippen molar-refractivity contribution in [1.82, 2.24) is 0 Å². The van der Waals surface area contributed by atoms with E-state index in [0.29, 0.717) is 34.1 Å². The molecule has 0 atom stereocenters. The Labute approximate surface area is 171 Å². The molecule has 0 aromatic heterocycles. The molecule has 0 saturated heterocycles. The smallest absolute Gasteiger partial charge is 0.338 e. The van der Waals surface area contributed by atoms with Gasteiger partial charge in [0.05, 0.1) is 0 Å². The molecule has 0 fully saturated rings. The minimum Gasteiger partial charge on any atom is -0.457 e. The summed E-state index contributed by atoms with van der Waals surface area (Å²) in [5, 5.41) is 0. The van der Waals surface area contributed by atoms with Crippen LogP contribution >= 0.6 is 0 Å². The van der Waals surface area contributed by atoms with E-state index in [-0.39, 0.29) is 0 Å². The average Bonchev–Trinajstić information content (AvgIpc) is 2.60. The molecule has 0 N–H and O–H groups in total.